The van der Waals surface area contributed by atoms with Crippen molar-refractivity contribution in [2.75, 3.05) is 5.32 Å². The van der Waals surface area contributed by atoms with Crippen molar-refractivity contribution in [3.8, 4) is 5.69 Å². The zero-order valence-electron chi connectivity index (χ0n) is 10.3. The Morgan fingerprint density at radius 2 is 2.11 bits per heavy atom. The van der Waals surface area contributed by atoms with Gasteiger partial charge in [-0.2, -0.15) is 4.68 Å². The molecule has 0 unspecified atom stereocenters. The fourth-order valence-corrected chi connectivity index (χ4v) is 2.31. The first-order chi connectivity index (χ1) is 9.33. The lowest BCUT2D eigenvalue weighted by Crippen LogP contribution is -2.07. The summed E-state index contributed by atoms with van der Waals surface area (Å²) in [4.78, 5) is 4.39. The molecule has 0 aliphatic heterocycles. The van der Waals surface area contributed by atoms with Gasteiger partial charge in [-0.25, -0.2) is 4.98 Å². The van der Waals surface area contributed by atoms with Gasteiger partial charge in [-0.3, -0.25) is 0 Å². The van der Waals surface area contributed by atoms with E-state index >= 15 is 0 Å². The van der Waals surface area contributed by atoms with Gasteiger partial charge in [0.2, 0.25) is 5.95 Å². The van der Waals surface area contributed by atoms with Gasteiger partial charge in [0.1, 0.15) is 0 Å². The lowest BCUT2D eigenvalue weighted by atomic mass is 10.3. The minimum Gasteiger partial charge on any atom is -0.347 e. The van der Waals surface area contributed by atoms with Gasteiger partial charge in [0, 0.05) is 5.38 Å². The van der Waals surface area contributed by atoms with Crippen LogP contribution in [0, 0.1) is 6.92 Å². The Bertz CT molecular complexity index is 660. The average molecular weight is 272 g/mol. The summed E-state index contributed by atoms with van der Waals surface area (Å²) in [5.74, 6) is 0.608. The number of aromatic nitrogens is 5. The number of tetrazole rings is 1. The number of hydrogen-bond donors (Lipinski definition) is 1. The van der Waals surface area contributed by atoms with E-state index in [9.17, 15) is 0 Å². The van der Waals surface area contributed by atoms with Gasteiger partial charge in [0.05, 0.1) is 22.9 Å². The van der Waals surface area contributed by atoms with Crippen LogP contribution in [0.1, 0.15) is 10.7 Å². The third-order valence-corrected chi connectivity index (χ3v) is 3.39. The molecule has 1 aromatic carbocycles. The minimum absolute atomic E-state index is 0.608. The van der Waals surface area contributed by atoms with E-state index in [0.29, 0.717) is 12.5 Å². The molecule has 0 aliphatic rings. The van der Waals surface area contributed by atoms with Crippen LogP contribution in [0.3, 0.4) is 0 Å². The van der Waals surface area contributed by atoms with Crippen LogP contribution in [0.2, 0.25) is 0 Å². The summed E-state index contributed by atoms with van der Waals surface area (Å²) in [6.45, 7) is 2.60. The molecule has 0 aliphatic carbocycles. The molecule has 1 N–H and O–H groups in total. The number of nitrogens with zero attached hydrogens (tertiary/aromatic N) is 5. The van der Waals surface area contributed by atoms with Crippen LogP contribution in [0.25, 0.3) is 5.69 Å². The molecule has 0 amide bonds. The van der Waals surface area contributed by atoms with Crippen LogP contribution in [-0.2, 0) is 6.54 Å². The van der Waals surface area contributed by atoms with Gasteiger partial charge in [0.25, 0.3) is 0 Å². The fourth-order valence-electron chi connectivity index (χ4n) is 1.70. The molecule has 96 valence electrons. The van der Waals surface area contributed by atoms with Crippen LogP contribution < -0.4 is 5.32 Å². The quantitative estimate of drug-likeness (QED) is 0.787. The monoisotopic (exact) mass is 272 g/mol. The molecule has 0 fully saturated rings. The molecule has 2 aromatic heterocycles. The van der Waals surface area contributed by atoms with Crippen molar-refractivity contribution in [3.05, 3.63) is 46.4 Å². The van der Waals surface area contributed by atoms with Crippen LogP contribution in [0.4, 0.5) is 5.95 Å². The van der Waals surface area contributed by atoms with Crippen molar-refractivity contribution < 1.29 is 0 Å². The molecule has 0 bridgehead atoms. The predicted octanol–water partition coefficient (Wildman–Crippen LogP) is 2.04. The van der Waals surface area contributed by atoms with Crippen molar-refractivity contribution in [1.29, 1.82) is 0 Å². The van der Waals surface area contributed by atoms with E-state index < -0.39 is 0 Å². The Morgan fingerprint density at radius 1 is 1.26 bits per heavy atom. The zero-order valence-corrected chi connectivity index (χ0v) is 11.1. The molecular weight excluding hydrogens is 260 g/mol. The van der Waals surface area contributed by atoms with E-state index in [1.54, 1.807) is 16.0 Å². The number of thiazole rings is 1. The number of nitrogens with one attached hydrogen (secondary N) is 1. The summed E-state index contributed by atoms with van der Waals surface area (Å²) in [5, 5.41) is 17.9. The topological polar surface area (TPSA) is 68.5 Å². The second-order valence-corrected chi connectivity index (χ2v) is 5.02. The Labute approximate surface area is 114 Å². The maximum Gasteiger partial charge on any atom is 0.248 e. The standard InChI is InChI=1S/C12H12N6S/c1-9-14-10(8-19-9)7-13-12-15-16-17-18(12)11-5-3-2-4-6-11/h2-6,8H,7H2,1H3,(H,13,15,17). The number of para-hydroxylation sites is 1. The molecule has 0 spiro atoms. The van der Waals surface area contributed by atoms with Gasteiger partial charge >= 0.3 is 0 Å². The van der Waals surface area contributed by atoms with Gasteiger partial charge in [-0.1, -0.05) is 23.3 Å². The highest BCUT2D eigenvalue weighted by atomic mass is 32.1. The summed E-state index contributed by atoms with van der Waals surface area (Å²) in [6, 6.07) is 9.76. The van der Waals surface area contributed by atoms with E-state index in [4.69, 9.17) is 0 Å². The van der Waals surface area contributed by atoms with E-state index in [0.717, 1.165) is 16.4 Å². The molecule has 3 rings (SSSR count). The average Bonchev–Trinajstić information content (AvgIpc) is 3.06. The van der Waals surface area contributed by atoms with Crippen molar-refractivity contribution in [1.82, 2.24) is 25.2 Å². The third-order valence-electron chi connectivity index (χ3n) is 2.56. The molecule has 0 radical (unpaired) electrons. The Morgan fingerprint density at radius 3 is 2.84 bits per heavy atom. The number of anilines is 1. The normalized spacial score (nSPS) is 10.6. The van der Waals surface area contributed by atoms with E-state index in [1.807, 2.05) is 42.6 Å². The Hall–Kier alpha value is -2.28. The molecule has 19 heavy (non-hydrogen) atoms. The largest absolute Gasteiger partial charge is 0.347 e. The van der Waals surface area contributed by atoms with Gasteiger partial charge < -0.3 is 5.32 Å². The smallest absolute Gasteiger partial charge is 0.248 e. The Kier molecular flexibility index (Phi) is 3.20. The van der Waals surface area contributed by atoms with Gasteiger partial charge in [-0.05, 0) is 29.5 Å². The summed E-state index contributed by atoms with van der Waals surface area (Å²) in [6.07, 6.45) is 0. The first-order valence-electron chi connectivity index (χ1n) is 5.81. The number of benzene rings is 1. The van der Waals surface area contributed by atoms with Crippen LogP contribution >= 0.6 is 11.3 Å². The minimum atomic E-state index is 0.608. The molecule has 0 saturated carbocycles. The number of hydrogen-bond acceptors (Lipinski definition) is 6. The van der Waals surface area contributed by atoms with E-state index in [1.165, 1.54) is 0 Å². The van der Waals surface area contributed by atoms with Crippen molar-refractivity contribution in [3.63, 3.8) is 0 Å². The van der Waals surface area contributed by atoms with Crippen LogP contribution in [0.5, 0.6) is 0 Å². The highest BCUT2D eigenvalue weighted by molar-refractivity contribution is 7.09. The number of aryl methyl sites for hydroxylation is 1. The molecule has 3 aromatic rings. The lowest BCUT2D eigenvalue weighted by Gasteiger charge is -2.05. The molecule has 0 atom stereocenters. The molecule has 0 saturated heterocycles. The van der Waals surface area contributed by atoms with E-state index in [2.05, 4.69) is 25.8 Å². The highest BCUT2D eigenvalue weighted by Gasteiger charge is 2.07. The van der Waals surface area contributed by atoms with Crippen molar-refractivity contribution >= 4 is 17.3 Å². The van der Waals surface area contributed by atoms with Crippen LogP contribution in [-0.4, -0.2) is 25.2 Å². The summed E-state index contributed by atoms with van der Waals surface area (Å²) in [5.41, 5.74) is 1.91. The highest BCUT2D eigenvalue weighted by Crippen LogP contribution is 2.13. The van der Waals surface area contributed by atoms with Crippen molar-refractivity contribution in [2.45, 2.75) is 13.5 Å². The lowest BCUT2D eigenvalue weighted by molar-refractivity contribution is 0.789. The fraction of sp³-hybridized carbons (Fsp3) is 0.167. The summed E-state index contributed by atoms with van der Waals surface area (Å²) < 4.78 is 1.67. The van der Waals surface area contributed by atoms with Crippen molar-refractivity contribution in [2.24, 2.45) is 0 Å². The third kappa shape index (κ3) is 2.60. The predicted molar refractivity (Wildman–Crippen MR) is 73.3 cm³/mol. The molecule has 2 heterocycles. The first kappa shape index (κ1) is 11.8. The van der Waals surface area contributed by atoms with Crippen LogP contribution in [0.15, 0.2) is 35.7 Å². The summed E-state index contributed by atoms with van der Waals surface area (Å²) in [7, 11) is 0. The summed E-state index contributed by atoms with van der Waals surface area (Å²) >= 11 is 1.63. The second kappa shape index (κ2) is 5.15. The number of rotatable bonds is 4. The molecular formula is C12H12N6S. The Balaban J connectivity index is 1.77. The molecule has 6 nitrogen and oxygen atoms in total. The maximum atomic E-state index is 4.39. The molecule has 7 heteroatoms. The SMILES string of the molecule is Cc1nc(CNc2nnnn2-c2ccccc2)cs1. The van der Waals surface area contributed by atoms with Gasteiger partial charge in [-0.15, -0.1) is 11.3 Å². The second-order valence-electron chi connectivity index (χ2n) is 3.96. The zero-order chi connectivity index (χ0) is 13.1. The van der Waals surface area contributed by atoms with Gasteiger partial charge in [0.15, 0.2) is 0 Å². The van der Waals surface area contributed by atoms with E-state index in [-0.39, 0.29) is 0 Å². The maximum absolute atomic E-state index is 4.39. The first-order valence-corrected chi connectivity index (χ1v) is 6.69.